The van der Waals surface area contributed by atoms with E-state index in [2.05, 4.69) is 58.2 Å². The molecule has 0 aliphatic carbocycles. The summed E-state index contributed by atoms with van der Waals surface area (Å²) in [6.07, 6.45) is 13.7. The summed E-state index contributed by atoms with van der Waals surface area (Å²) in [7, 11) is 0. The highest BCUT2D eigenvalue weighted by molar-refractivity contribution is 5.99. The van der Waals surface area contributed by atoms with E-state index >= 15 is 0 Å². The van der Waals surface area contributed by atoms with Gasteiger partial charge in [-0.15, -0.1) is 0 Å². The van der Waals surface area contributed by atoms with Gasteiger partial charge in [0, 0.05) is 76.7 Å². The van der Waals surface area contributed by atoms with E-state index in [9.17, 15) is 0 Å². The van der Waals surface area contributed by atoms with Crippen LogP contribution in [0.2, 0.25) is 0 Å². The van der Waals surface area contributed by atoms with Gasteiger partial charge in [0.1, 0.15) is 5.69 Å². The fraction of sp³-hybridized carbons (Fsp3) is 0.179. The van der Waals surface area contributed by atoms with Crippen molar-refractivity contribution < 1.29 is 0 Å². The molecule has 1 aliphatic rings. The quantitative estimate of drug-likeness (QED) is 0.357. The second-order valence-corrected chi connectivity index (χ2v) is 9.30. The lowest BCUT2D eigenvalue weighted by atomic mass is 10.1. The molecule has 6 aromatic heterocycles. The molecule has 7 rings (SSSR count). The monoisotopic (exact) mass is 472 g/mol. The molecule has 1 saturated heterocycles. The smallest absolute Gasteiger partial charge is 0.155 e. The van der Waals surface area contributed by atoms with E-state index in [1.165, 1.54) is 31.5 Å². The normalized spacial score (nSPS) is 14.2. The molecule has 8 heteroatoms. The number of hydrogen-bond donors (Lipinski definition) is 2. The number of likely N-dealkylation sites (tertiary alicyclic amines) is 1. The van der Waals surface area contributed by atoms with Crippen molar-refractivity contribution in [3.05, 3.63) is 79.1 Å². The Labute approximate surface area is 207 Å². The van der Waals surface area contributed by atoms with Crippen molar-refractivity contribution in [1.82, 2.24) is 40.0 Å². The van der Waals surface area contributed by atoms with Crippen molar-refractivity contribution in [3.8, 4) is 33.8 Å². The molecule has 0 bridgehead atoms. The Morgan fingerprint density at radius 1 is 0.750 bits per heavy atom. The number of nitrogens with one attached hydrogen (secondary N) is 2. The number of nitrogens with zero attached hydrogens (tertiary/aromatic N) is 6. The van der Waals surface area contributed by atoms with Crippen LogP contribution >= 0.6 is 0 Å². The van der Waals surface area contributed by atoms with Crippen molar-refractivity contribution in [3.63, 3.8) is 0 Å². The van der Waals surface area contributed by atoms with Gasteiger partial charge in [0.2, 0.25) is 0 Å². The van der Waals surface area contributed by atoms with Crippen molar-refractivity contribution in [1.29, 1.82) is 0 Å². The minimum absolute atomic E-state index is 0.751. The fourth-order valence-corrected chi connectivity index (χ4v) is 5.12. The van der Waals surface area contributed by atoms with Gasteiger partial charge >= 0.3 is 0 Å². The van der Waals surface area contributed by atoms with E-state index in [0.29, 0.717) is 0 Å². The van der Waals surface area contributed by atoms with Gasteiger partial charge in [0.15, 0.2) is 5.65 Å². The fourth-order valence-electron chi connectivity index (χ4n) is 5.12. The molecule has 6 aromatic rings. The lowest BCUT2D eigenvalue weighted by Crippen LogP contribution is -2.18. The van der Waals surface area contributed by atoms with Gasteiger partial charge < -0.3 is 4.98 Å². The summed E-state index contributed by atoms with van der Waals surface area (Å²) in [5.41, 5.74) is 8.76. The van der Waals surface area contributed by atoms with Crippen molar-refractivity contribution >= 4 is 21.9 Å². The third-order valence-electron chi connectivity index (χ3n) is 6.91. The first-order chi connectivity index (χ1) is 17.8. The topological polar surface area (TPSA) is 99.3 Å². The molecule has 176 valence electrons. The number of hydrogen-bond acceptors (Lipinski definition) is 6. The van der Waals surface area contributed by atoms with Crippen LogP contribution in [-0.2, 0) is 6.54 Å². The molecular weight excluding hydrogens is 448 g/mol. The number of rotatable bonds is 5. The summed E-state index contributed by atoms with van der Waals surface area (Å²) in [6, 6.07) is 12.4. The molecule has 0 saturated carbocycles. The molecule has 1 aliphatic heterocycles. The third kappa shape index (κ3) is 3.72. The third-order valence-corrected chi connectivity index (χ3v) is 6.91. The Balaban J connectivity index is 1.28. The lowest BCUT2D eigenvalue weighted by Gasteiger charge is -2.14. The Morgan fingerprint density at radius 2 is 1.61 bits per heavy atom. The molecule has 8 nitrogen and oxygen atoms in total. The highest BCUT2D eigenvalue weighted by Crippen LogP contribution is 2.33. The van der Waals surface area contributed by atoms with E-state index < -0.39 is 0 Å². The average Bonchev–Trinajstić information content (AvgIpc) is 3.68. The zero-order valence-corrected chi connectivity index (χ0v) is 19.6. The molecule has 0 radical (unpaired) electrons. The van der Waals surface area contributed by atoms with Gasteiger partial charge in [-0.1, -0.05) is 0 Å². The molecule has 0 amide bonds. The summed E-state index contributed by atoms with van der Waals surface area (Å²) in [6.45, 7) is 3.27. The SMILES string of the molecule is c1cc(-c2nccc3[nH]c(-c4n[nH]c5ncc(-c6cncc(CN7CCCC7)c6)cc45)cc23)ccn1. The van der Waals surface area contributed by atoms with Crippen molar-refractivity contribution in [2.45, 2.75) is 19.4 Å². The molecule has 0 unspecified atom stereocenters. The summed E-state index contributed by atoms with van der Waals surface area (Å²) < 4.78 is 0. The van der Waals surface area contributed by atoms with E-state index in [1.54, 1.807) is 12.4 Å². The van der Waals surface area contributed by atoms with E-state index in [4.69, 9.17) is 0 Å². The first-order valence-electron chi connectivity index (χ1n) is 12.2. The van der Waals surface area contributed by atoms with Crippen LogP contribution in [0.4, 0.5) is 0 Å². The number of aromatic amines is 2. The Morgan fingerprint density at radius 3 is 2.50 bits per heavy atom. The number of aromatic nitrogens is 7. The second-order valence-electron chi connectivity index (χ2n) is 9.30. The minimum atomic E-state index is 0.751. The first kappa shape index (κ1) is 20.9. The predicted octanol–water partition coefficient (Wildman–Crippen LogP) is 5.22. The average molecular weight is 473 g/mol. The summed E-state index contributed by atoms with van der Waals surface area (Å²) in [5, 5.41) is 9.70. The van der Waals surface area contributed by atoms with Crippen LogP contribution in [0.3, 0.4) is 0 Å². The van der Waals surface area contributed by atoms with Crippen LogP contribution in [0.25, 0.3) is 55.7 Å². The number of pyridine rings is 4. The number of H-pyrrole nitrogens is 2. The van der Waals surface area contributed by atoms with E-state index in [0.717, 1.165) is 62.3 Å². The Hall–Kier alpha value is -4.43. The summed E-state index contributed by atoms with van der Waals surface area (Å²) in [5.74, 6) is 0. The van der Waals surface area contributed by atoms with Crippen LogP contribution in [0.15, 0.2) is 73.6 Å². The molecular formula is C28H24N8. The maximum Gasteiger partial charge on any atom is 0.155 e. The maximum absolute atomic E-state index is 4.67. The Kier molecular flexibility index (Phi) is 5.03. The molecule has 0 aromatic carbocycles. The van der Waals surface area contributed by atoms with Crippen LogP contribution < -0.4 is 0 Å². The van der Waals surface area contributed by atoms with Crippen LogP contribution in [0.1, 0.15) is 18.4 Å². The van der Waals surface area contributed by atoms with Gasteiger partial charge in [-0.05, 0) is 67.9 Å². The molecule has 7 heterocycles. The van der Waals surface area contributed by atoms with Crippen LogP contribution in [-0.4, -0.2) is 53.1 Å². The second kappa shape index (κ2) is 8.66. The van der Waals surface area contributed by atoms with Gasteiger partial charge in [-0.25, -0.2) is 4.98 Å². The predicted molar refractivity (Wildman–Crippen MR) is 140 cm³/mol. The van der Waals surface area contributed by atoms with Gasteiger partial charge in [-0.3, -0.25) is 25.0 Å². The first-order valence-corrected chi connectivity index (χ1v) is 12.2. The highest BCUT2D eigenvalue weighted by atomic mass is 15.2. The van der Waals surface area contributed by atoms with E-state index in [1.807, 2.05) is 43.0 Å². The molecule has 1 fully saturated rings. The number of fused-ring (bicyclic) bond motifs is 2. The minimum Gasteiger partial charge on any atom is -0.353 e. The van der Waals surface area contributed by atoms with Gasteiger partial charge in [0.25, 0.3) is 0 Å². The maximum atomic E-state index is 4.67. The molecule has 2 N–H and O–H groups in total. The lowest BCUT2D eigenvalue weighted by molar-refractivity contribution is 0.331. The van der Waals surface area contributed by atoms with Gasteiger partial charge in [-0.2, -0.15) is 5.10 Å². The molecule has 0 atom stereocenters. The standard InChI is InChI=1S/C28H24N8/c1-2-10-36(9-1)17-18-11-20(15-30-14-18)21-12-23-27(34-35-28(23)32-16-21)25-13-22-24(33-25)5-8-31-26(22)19-3-6-29-7-4-19/h3-8,11-16,33H,1-2,9-10,17H2,(H,32,34,35). The zero-order chi connectivity index (χ0) is 23.9. The van der Waals surface area contributed by atoms with Gasteiger partial charge in [0.05, 0.1) is 11.4 Å². The largest absolute Gasteiger partial charge is 0.353 e. The molecule has 36 heavy (non-hydrogen) atoms. The van der Waals surface area contributed by atoms with E-state index in [-0.39, 0.29) is 0 Å². The molecule has 0 spiro atoms. The van der Waals surface area contributed by atoms with Crippen molar-refractivity contribution in [2.75, 3.05) is 13.1 Å². The van der Waals surface area contributed by atoms with Crippen molar-refractivity contribution in [2.24, 2.45) is 0 Å². The van der Waals surface area contributed by atoms with Crippen LogP contribution in [0.5, 0.6) is 0 Å². The van der Waals surface area contributed by atoms with Crippen LogP contribution in [0, 0.1) is 0 Å². The Bertz CT molecular complexity index is 1680. The highest BCUT2D eigenvalue weighted by Gasteiger charge is 2.16. The summed E-state index contributed by atoms with van der Waals surface area (Å²) >= 11 is 0. The zero-order valence-electron chi connectivity index (χ0n) is 19.6. The summed E-state index contributed by atoms with van der Waals surface area (Å²) in [4.78, 5) is 24.0.